The van der Waals surface area contributed by atoms with Crippen LogP contribution in [0.25, 0.3) is 0 Å². The molecule has 2 aromatic rings. The summed E-state index contributed by atoms with van der Waals surface area (Å²) in [4.78, 5) is 2.36. The summed E-state index contributed by atoms with van der Waals surface area (Å²) in [6, 6.07) is 16.5. The minimum absolute atomic E-state index is 0.278. The van der Waals surface area contributed by atoms with Gasteiger partial charge >= 0.3 is 0 Å². The number of benzene rings is 2. The lowest BCUT2D eigenvalue weighted by Crippen LogP contribution is -2.40. The second-order valence-corrected chi connectivity index (χ2v) is 7.79. The van der Waals surface area contributed by atoms with Crippen molar-refractivity contribution in [1.82, 2.24) is 4.90 Å². The molecule has 150 valence electrons. The first-order valence-electron chi connectivity index (χ1n) is 10.2. The fourth-order valence-corrected chi connectivity index (χ4v) is 4.01. The number of fused-ring (bicyclic) bond motifs is 1. The molecule has 2 aliphatic heterocycles. The van der Waals surface area contributed by atoms with Crippen molar-refractivity contribution in [1.29, 1.82) is 0 Å². The third-order valence-electron chi connectivity index (χ3n) is 5.56. The number of aliphatic hydroxyl groups is 1. The van der Waals surface area contributed by atoms with E-state index in [4.69, 9.17) is 14.2 Å². The van der Waals surface area contributed by atoms with Crippen molar-refractivity contribution in [2.45, 2.75) is 32.0 Å². The van der Waals surface area contributed by atoms with Crippen molar-refractivity contribution in [2.24, 2.45) is 5.92 Å². The van der Waals surface area contributed by atoms with Gasteiger partial charge < -0.3 is 24.2 Å². The molecule has 0 aromatic heterocycles. The van der Waals surface area contributed by atoms with E-state index < -0.39 is 6.10 Å². The van der Waals surface area contributed by atoms with Crippen molar-refractivity contribution in [2.75, 3.05) is 33.0 Å². The van der Waals surface area contributed by atoms with Gasteiger partial charge in [-0.1, -0.05) is 36.4 Å². The van der Waals surface area contributed by atoms with E-state index in [9.17, 15) is 5.11 Å². The summed E-state index contributed by atoms with van der Waals surface area (Å²) in [5.41, 5.74) is 2.45. The Kier molecular flexibility index (Phi) is 6.47. The summed E-state index contributed by atoms with van der Waals surface area (Å²) < 4.78 is 16.4. The van der Waals surface area contributed by atoms with Crippen LogP contribution in [0.2, 0.25) is 0 Å². The average molecular weight is 383 g/mol. The second kappa shape index (κ2) is 9.41. The minimum Gasteiger partial charge on any atom is -0.454 e. The molecule has 0 aliphatic carbocycles. The number of piperidine rings is 1. The number of nitrogens with zero attached hydrogens (tertiary/aromatic N) is 1. The maximum Gasteiger partial charge on any atom is 0.231 e. The first-order chi connectivity index (χ1) is 13.8. The van der Waals surface area contributed by atoms with Gasteiger partial charge in [0, 0.05) is 6.54 Å². The molecule has 0 saturated carbocycles. The molecule has 0 radical (unpaired) electrons. The van der Waals surface area contributed by atoms with Gasteiger partial charge in [-0.05, 0) is 61.5 Å². The van der Waals surface area contributed by atoms with Crippen LogP contribution in [0.4, 0.5) is 0 Å². The fourth-order valence-electron chi connectivity index (χ4n) is 4.01. The molecule has 0 bridgehead atoms. The zero-order chi connectivity index (χ0) is 19.2. The molecule has 5 nitrogen and oxygen atoms in total. The van der Waals surface area contributed by atoms with Gasteiger partial charge in [-0.15, -0.1) is 0 Å². The lowest BCUT2D eigenvalue weighted by atomic mass is 9.90. The number of ether oxygens (including phenoxy) is 3. The van der Waals surface area contributed by atoms with Gasteiger partial charge in [0.25, 0.3) is 0 Å². The highest BCUT2D eigenvalue weighted by Crippen LogP contribution is 2.32. The first kappa shape index (κ1) is 19.2. The van der Waals surface area contributed by atoms with E-state index in [1.54, 1.807) is 0 Å². The molecule has 1 atom stereocenters. The Bertz CT molecular complexity index is 744. The van der Waals surface area contributed by atoms with E-state index in [0.717, 1.165) is 42.5 Å². The summed E-state index contributed by atoms with van der Waals surface area (Å²) in [6.45, 7) is 3.87. The maximum absolute atomic E-state index is 10.3. The number of rotatable bonds is 8. The van der Waals surface area contributed by atoms with E-state index >= 15 is 0 Å². The van der Waals surface area contributed by atoms with Gasteiger partial charge in [0.05, 0.1) is 19.3 Å². The fraction of sp³-hybridized carbons (Fsp3) is 0.478. The van der Waals surface area contributed by atoms with Crippen LogP contribution in [-0.4, -0.2) is 49.1 Å². The molecule has 5 heteroatoms. The molecule has 1 N–H and O–H groups in total. The van der Waals surface area contributed by atoms with Gasteiger partial charge in [0.15, 0.2) is 11.5 Å². The second-order valence-electron chi connectivity index (χ2n) is 7.79. The van der Waals surface area contributed by atoms with Crippen molar-refractivity contribution in [3.63, 3.8) is 0 Å². The largest absolute Gasteiger partial charge is 0.454 e. The number of hydrogen-bond donors (Lipinski definition) is 1. The van der Waals surface area contributed by atoms with Crippen molar-refractivity contribution in [3.8, 4) is 11.5 Å². The molecule has 0 spiro atoms. The molecule has 1 saturated heterocycles. The normalized spacial score (nSPS) is 18.3. The Balaban J connectivity index is 1.13. The standard InChI is InChI=1S/C23H29NO4/c25-21(16-26-15-20-6-7-22-23(13-20)28-17-27-22)14-24-10-8-19(9-11-24)12-18-4-2-1-3-5-18/h1-7,13,19,21,25H,8-12,14-17H2/t21-/m1/s1. The monoisotopic (exact) mass is 383 g/mol. The molecule has 28 heavy (non-hydrogen) atoms. The molecule has 2 aromatic carbocycles. The maximum atomic E-state index is 10.3. The van der Waals surface area contributed by atoms with Gasteiger partial charge in [-0.2, -0.15) is 0 Å². The predicted molar refractivity (Wildman–Crippen MR) is 108 cm³/mol. The van der Waals surface area contributed by atoms with Gasteiger partial charge in [-0.3, -0.25) is 0 Å². The smallest absolute Gasteiger partial charge is 0.231 e. The third-order valence-corrected chi connectivity index (χ3v) is 5.56. The van der Waals surface area contributed by atoms with Crippen LogP contribution in [0.1, 0.15) is 24.0 Å². The Morgan fingerprint density at radius 1 is 1.00 bits per heavy atom. The van der Waals surface area contributed by atoms with E-state index in [2.05, 4.69) is 35.2 Å². The first-order valence-corrected chi connectivity index (χ1v) is 10.2. The zero-order valence-corrected chi connectivity index (χ0v) is 16.3. The van der Waals surface area contributed by atoms with Gasteiger partial charge in [0.1, 0.15) is 0 Å². The topological polar surface area (TPSA) is 51.2 Å². The summed E-state index contributed by atoms with van der Waals surface area (Å²) in [6.07, 6.45) is 3.09. The molecular formula is C23H29NO4. The highest BCUT2D eigenvalue weighted by molar-refractivity contribution is 5.44. The Morgan fingerprint density at radius 3 is 2.61 bits per heavy atom. The van der Waals surface area contributed by atoms with Crippen molar-refractivity contribution < 1.29 is 19.3 Å². The van der Waals surface area contributed by atoms with Crippen LogP contribution in [0.5, 0.6) is 11.5 Å². The molecular weight excluding hydrogens is 354 g/mol. The van der Waals surface area contributed by atoms with Crippen LogP contribution in [0.15, 0.2) is 48.5 Å². The van der Waals surface area contributed by atoms with Crippen LogP contribution < -0.4 is 9.47 Å². The summed E-state index contributed by atoms with van der Waals surface area (Å²) in [5, 5.41) is 10.3. The minimum atomic E-state index is -0.459. The third kappa shape index (κ3) is 5.25. The summed E-state index contributed by atoms with van der Waals surface area (Å²) >= 11 is 0. The molecule has 2 heterocycles. The lowest BCUT2D eigenvalue weighted by Gasteiger charge is -2.33. The van der Waals surface area contributed by atoms with E-state index in [0.29, 0.717) is 19.8 Å². The Labute approximate surface area is 166 Å². The van der Waals surface area contributed by atoms with Crippen molar-refractivity contribution >= 4 is 0 Å². The molecule has 0 amide bonds. The quantitative estimate of drug-likeness (QED) is 0.758. The van der Waals surface area contributed by atoms with Crippen molar-refractivity contribution in [3.05, 3.63) is 59.7 Å². The van der Waals surface area contributed by atoms with Gasteiger partial charge in [-0.25, -0.2) is 0 Å². The molecule has 0 unspecified atom stereocenters. The van der Waals surface area contributed by atoms with Gasteiger partial charge in [0.2, 0.25) is 6.79 Å². The SMILES string of the molecule is O[C@@H](COCc1ccc2c(c1)OCO2)CN1CCC(Cc2ccccc2)CC1. The zero-order valence-electron chi connectivity index (χ0n) is 16.3. The van der Waals surface area contributed by atoms with Crippen LogP contribution in [0.3, 0.4) is 0 Å². The summed E-state index contributed by atoms with van der Waals surface area (Å²) in [5.74, 6) is 2.29. The number of aliphatic hydroxyl groups excluding tert-OH is 1. The van der Waals surface area contributed by atoms with Crippen LogP contribution in [-0.2, 0) is 17.8 Å². The van der Waals surface area contributed by atoms with Crippen LogP contribution in [0, 0.1) is 5.92 Å². The van der Waals surface area contributed by atoms with E-state index in [1.807, 2.05) is 18.2 Å². The number of likely N-dealkylation sites (tertiary alicyclic amines) is 1. The highest BCUT2D eigenvalue weighted by Gasteiger charge is 2.21. The summed E-state index contributed by atoms with van der Waals surface area (Å²) in [7, 11) is 0. The number of β-amino-alcohol motifs (C(OH)–C–C–N with tert-alkyl or cyclic N) is 1. The molecule has 1 fully saturated rings. The van der Waals surface area contributed by atoms with Crippen LogP contribution >= 0.6 is 0 Å². The number of hydrogen-bond acceptors (Lipinski definition) is 5. The molecule has 4 rings (SSSR count). The Morgan fingerprint density at radius 2 is 1.79 bits per heavy atom. The van der Waals surface area contributed by atoms with E-state index in [1.165, 1.54) is 18.4 Å². The Hall–Kier alpha value is -2.08. The predicted octanol–water partition coefficient (Wildman–Crippen LogP) is 3.25. The molecule has 2 aliphatic rings. The van der Waals surface area contributed by atoms with E-state index in [-0.39, 0.29) is 6.79 Å². The average Bonchev–Trinajstić information content (AvgIpc) is 3.18. The lowest BCUT2D eigenvalue weighted by molar-refractivity contribution is 0.00448. The highest BCUT2D eigenvalue weighted by atomic mass is 16.7.